The molecule has 0 fully saturated rings. The van der Waals surface area contributed by atoms with E-state index in [4.69, 9.17) is 0 Å². The van der Waals surface area contributed by atoms with Gasteiger partial charge in [-0.25, -0.2) is 0 Å². The molecule has 4 heteroatoms. The van der Waals surface area contributed by atoms with Crippen molar-refractivity contribution >= 4 is 85.1 Å². The Morgan fingerprint density at radius 1 is 0.280 bits per heavy atom. The standard InChI is InChI=1S/C46H28N2S2/c1-3-15-29(16-4-1)47-39-27-11-9-21-35(39)45-41(47)37-25-13-23-33(43(37)49-45)31-19-7-8-20-32(31)34-24-14-26-38-42-46(50-44(34)38)36-22-10-12-28-40(36)48(42)30-17-5-2-6-18-30/h1-28H. The number of aromatic nitrogens is 2. The number of para-hydroxylation sites is 4. The van der Waals surface area contributed by atoms with Crippen LogP contribution in [0.2, 0.25) is 0 Å². The maximum atomic E-state index is 2.45. The SMILES string of the molecule is c1ccc(-n2c3ccccc3c3sc4c(-c5ccccc5-c5cccc6c5sc5c7ccccc7n(-c7ccccc7)c65)cccc4c32)cc1. The molecule has 4 aromatic heterocycles. The average Bonchev–Trinajstić information content (AvgIpc) is 3.92. The highest BCUT2D eigenvalue weighted by Gasteiger charge is 2.23. The third-order valence-electron chi connectivity index (χ3n) is 10.1. The molecule has 4 heterocycles. The summed E-state index contributed by atoms with van der Waals surface area (Å²) in [5, 5.41) is 5.18. The predicted molar refractivity (Wildman–Crippen MR) is 217 cm³/mol. The maximum absolute atomic E-state index is 2.45. The predicted octanol–water partition coefficient (Wildman–Crippen LogP) is 13.6. The minimum atomic E-state index is 1.19. The van der Waals surface area contributed by atoms with Crippen LogP contribution in [0, 0.1) is 0 Å². The maximum Gasteiger partial charge on any atom is 0.0727 e. The first-order valence-electron chi connectivity index (χ1n) is 16.9. The zero-order valence-electron chi connectivity index (χ0n) is 26.9. The van der Waals surface area contributed by atoms with Gasteiger partial charge in [-0.2, -0.15) is 0 Å². The van der Waals surface area contributed by atoms with Gasteiger partial charge < -0.3 is 9.13 Å². The van der Waals surface area contributed by atoms with E-state index in [0.29, 0.717) is 0 Å². The summed E-state index contributed by atoms with van der Waals surface area (Å²) in [6.45, 7) is 0. The van der Waals surface area contributed by atoms with Crippen molar-refractivity contribution < 1.29 is 0 Å². The Bertz CT molecular complexity index is 2870. The van der Waals surface area contributed by atoms with Gasteiger partial charge in [0.15, 0.2) is 0 Å². The molecular weight excluding hydrogens is 645 g/mol. The minimum absolute atomic E-state index is 1.19. The third-order valence-corrected chi connectivity index (χ3v) is 12.7. The first-order valence-corrected chi connectivity index (χ1v) is 18.6. The molecular formula is C46H28N2S2. The van der Waals surface area contributed by atoms with Crippen molar-refractivity contribution in [3.8, 4) is 33.6 Å². The smallest absolute Gasteiger partial charge is 0.0727 e. The lowest BCUT2D eigenvalue weighted by atomic mass is 9.93. The summed E-state index contributed by atoms with van der Waals surface area (Å²) < 4.78 is 10.2. The topological polar surface area (TPSA) is 9.86 Å². The van der Waals surface area contributed by atoms with Crippen LogP contribution in [0.1, 0.15) is 0 Å². The van der Waals surface area contributed by atoms with E-state index in [-0.39, 0.29) is 0 Å². The zero-order chi connectivity index (χ0) is 32.8. The molecule has 0 spiro atoms. The minimum Gasteiger partial charge on any atom is -0.308 e. The zero-order valence-corrected chi connectivity index (χ0v) is 28.5. The van der Waals surface area contributed by atoms with E-state index in [9.17, 15) is 0 Å². The van der Waals surface area contributed by atoms with Crippen LogP contribution in [0.15, 0.2) is 170 Å². The summed E-state index contributed by atoms with van der Waals surface area (Å²) in [5.41, 5.74) is 12.5. The molecule has 0 N–H and O–H groups in total. The fourth-order valence-electron chi connectivity index (χ4n) is 8.05. The lowest BCUT2D eigenvalue weighted by Gasteiger charge is -2.13. The highest BCUT2D eigenvalue weighted by Crippen LogP contribution is 2.49. The lowest BCUT2D eigenvalue weighted by Crippen LogP contribution is -1.93. The Hall–Kier alpha value is -5.94. The number of rotatable bonds is 4. The van der Waals surface area contributed by atoms with Gasteiger partial charge in [-0.15, -0.1) is 22.7 Å². The highest BCUT2D eigenvalue weighted by molar-refractivity contribution is 7.27. The number of benzene rings is 7. The number of thiophene rings is 2. The van der Waals surface area contributed by atoms with Gasteiger partial charge in [0.05, 0.1) is 31.5 Å². The summed E-state index contributed by atoms with van der Waals surface area (Å²) in [6.07, 6.45) is 0. The first-order chi connectivity index (χ1) is 24.8. The molecule has 11 aromatic rings. The van der Waals surface area contributed by atoms with Gasteiger partial charge in [0.1, 0.15) is 0 Å². The van der Waals surface area contributed by atoms with Crippen LogP contribution in [-0.4, -0.2) is 9.13 Å². The molecule has 0 radical (unpaired) electrons. The summed E-state index contributed by atoms with van der Waals surface area (Å²) in [7, 11) is 0. The summed E-state index contributed by atoms with van der Waals surface area (Å²) in [5.74, 6) is 0. The van der Waals surface area contributed by atoms with Crippen LogP contribution in [0.3, 0.4) is 0 Å². The fourth-order valence-corrected chi connectivity index (χ4v) is 10.7. The van der Waals surface area contributed by atoms with E-state index < -0.39 is 0 Å². The average molecular weight is 673 g/mol. The van der Waals surface area contributed by atoms with Crippen LogP contribution in [0.4, 0.5) is 0 Å². The van der Waals surface area contributed by atoms with Gasteiger partial charge in [0.25, 0.3) is 0 Å². The monoisotopic (exact) mass is 672 g/mol. The Kier molecular flexibility index (Phi) is 6.03. The van der Waals surface area contributed by atoms with Crippen molar-refractivity contribution in [2.75, 3.05) is 0 Å². The van der Waals surface area contributed by atoms with Crippen LogP contribution in [0.25, 0.3) is 96.0 Å². The molecule has 0 atom stereocenters. The van der Waals surface area contributed by atoms with Crippen LogP contribution in [0.5, 0.6) is 0 Å². The normalized spacial score (nSPS) is 12.0. The van der Waals surface area contributed by atoms with Gasteiger partial charge in [0.2, 0.25) is 0 Å². The molecule has 0 aliphatic rings. The number of fused-ring (bicyclic) bond motifs is 10. The Morgan fingerprint density at radius 2 is 0.640 bits per heavy atom. The largest absolute Gasteiger partial charge is 0.308 e. The van der Waals surface area contributed by atoms with Crippen molar-refractivity contribution in [1.29, 1.82) is 0 Å². The van der Waals surface area contributed by atoms with Gasteiger partial charge in [-0.3, -0.25) is 0 Å². The van der Waals surface area contributed by atoms with Crippen molar-refractivity contribution in [2.24, 2.45) is 0 Å². The molecule has 0 aliphatic heterocycles. The molecule has 2 nitrogen and oxygen atoms in total. The molecule has 0 amide bonds. The Balaban J connectivity index is 1.18. The van der Waals surface area contributed by atoms with Crippen molar-refractivity contribution in [3.05, 3.63) is 170 Å². The van der Waals surface area contributed by atoms with E-state index in [1.165, 1.54) is 96.0 Å². The molecule has 0 aliphatic carbocycles. The van der Waals surface area contributed by atoms with E-state index in [1.54, 1.807) is 0 Å². The third kappa shape index (κ3) is 3.89. The second-order valence-electron chi connectivity index (χ2n) is 12.8. The molecule has 0 saturated carbocycles. The molecule has 0 bridgehead atoms. The van der Waals surface area contributed by atoms with Gasteiger partial charge in [-0.1, -0.05) is 133 Å². The first kappa shape index (κ1) is 28.0. The summed E-state index contributed by atoms with van der Waals surface area (Å²) in [4.78, 5) is 0. The van der Waals surface area contributed by atoms with E-state index in [1.807, 2.05) is 22.7 Å². The highest BCUT2D eigenvalue weighted by atomic mass is 32.1. The molecule has 0 unspecified atom stereocenters. The van der Waals surface area contributed by atoms with Crippen LogP contribution >= 0.6 is 22.7 Å². The van der Waals surface area contributed by atoms with Crippen molar-refractivity contribution in [3.63, 3.8) is 0 Å². The quantitative estimate of drug-likeness (QED) is 0.176. The van der Waals surface area contributed by atoms with Gasteiger partial charge in [0, 0.05) is 53.4 Å². The molecule has 0 saturated heterocycles. The number of nitrogens with zero attached hydrogens (tertiary/aromatic N) is 2. The molecule has 50 heavy (non-hydrogen) atoms. The van der Waals surface area contributed by atoms with Crippen molar-refractivity contribution in [2.45, 2.75) is 0 Å². The number of hydrogen-bond donors (Lipinski definition) is 0. The Morgan fingerprint density at radius 3 is 1.10 bits per heavy atom. The van der Waals surface area contributed by atoms with Gasteiger partial charge in [-0.05, 0) is 47.5 Å². The van der Waals surface area contributed by atoms with Crippen LogP contribution in [-0.2, 0) is 0 Å². The second-order valence-corrected chi connectivity index (χ2v) is 14.9. The van der Waals surface area contributed by atoms with Gasteiger partial charge >= 0.3 is 0 Å². The molecule has 7 aromatic carbocycles. The van der Waals surface area contributed by atoms with Crippen molar-refractivity contribution in [1.82, 2.24) is 9.13 Å². The van der Waals surface area contributed by atoms with E-state index in [0.717, 1.165) is 0 Å². The summed E-state index contributed by atoms with van der Waals surface area (Å²) >= 11 is 3.84. The second kappa shape index (κ2) is 10.8. The molecule has 234 valence electrons. The van der Waals surface area contributed by atoms with E-state index in [2.05, 4.69) is 179 Å². The van der Waals surface area contributed by atoms with E-state index >= 15 is 0 Å². The van der Waals surface area contributed by atoms with Crippen LogP contribution < -0.4 is 0 Å². The Labute approximate surface area is 296 Å². The summed E-state index contributed by atoms with van der Waals surface area (Å²) in [6, 6.07) is 61.9. The molecule has 11 rings (SSSR count). The fraction of sp³-hybridized carbons (Fsp3) is 0. The lowest BCUT2D eigenvalue weighted by molar-refractivity contribution is 1.19. The number of hydrogen-bond acceptors (Lipinski definition) is 2.